The summed E-state index contributed by atoms with van der Waals surface area (Å²) in [7, 11) is 1.58. The van der Waals surface area contributed by atoms with Crippen LogP contribution in [-0.2, 0) is 9.59 Å². The number of benzene rings is 3. The van der Waals surface area contributed by atoms with Crippen LogP contribution >= 0.6 is 23.4 Å². The van der Waals surface area contributed by atoms with Gasteiger partial charge < -0.3 is 10.1 Å². The van der Waals surface area contributed by atoms with E-state index in [4.69, 9.17) is 16.3 Å². The summed E-state index contributed by atoms with van der Waals surface area (Å²) in [6.45, 7) is 3.82. The molecule has 5 nitrogen and oxygen atoms in total. The third-order valence-corrected chi connectivity index (χ3v) is 6.35. The van der Waals surface area contributed by atoms with E-state index in [9.17, 15) is 9.59 Å². The zero-order valence-corrected chi connectivity index (χ0v) is 19.4. The van der Waals surface area contributed by atoms with E-state index >= 15 is 0 Å². The molecule has 0 atom stereocenters. The maximum Gasteiger partial charge on any atom is 0.283 e. The lowest BCUT2D eigenvalue weighted by Gasteiger charge is -2.18. The van der Waals surface area contributed by atoms with Crippen molar-refractivity contribution in [2.45, 2.75) is 18.7 Å². The van der Waals surface area contributed by atoms with Gasteiger partial charge in [0.25, 0.3) is 11.8 Å². The summed E-state index contributed by atoms with van der Waals surface area (Å²) in [6, 6.07) is 20.1. The van der Waals surface area contributed by atoms with Crippen LogP contribution in [-0.4, -0.2) is 18.9 Å². The summed E-state index contributed by atoms with van der Waals surface area (Å²) < 4.78 is 5.28. The van der Waals surface area contributed by atoms with Gasteiger partial charge in [-0.2, -0.15) is 0 Å². The highest BCUT2D eigenvalue weighted by Gasteiger charge is 2.40. The molecule has 2 amide bonds. The Balaban J connectivity index is 1.76. The number of nitrogens with one attached hydrogen (secondary N) is 1. The number of anilines is 2. The molecule has 1 N–H and O–H groups in total. The Kier molecular flexibility index (Phi) is 6.26. The van der Waals surface area contributed by atoms with Gasteiger partial charge in [-0.1, -0.05) is 47.1 Å². The van der Waals surface area contributed by atoms with Crippen molar-refractivity contribution in [1.29, 1.82) is 0 Å². The van der Waals surface area contributed by atoms with Crippen LogP contribution in [0.25, 0.3) is 0 Å². The lowest BCUT2D eigenvalue weighted by molar-refractivity contribution is -0.120. The van der Waals surface area contributed by atoms with Crippen molar-refractivity contribution in [3.8, 4) is 5.75 Å². The maximum absolute atomic E-state index is 13.5. The molecule has 1 aliphatic rings. The maximum atomic E-state index is 13.5. The molecule has 32 heavy (non-hydrogen) atoms. The van der Waals surface area contributed by atoms with Crippen molar-refractivity contribution in [2.24, 2.45) is 0 Å². The van der Waals surface area contributed by atoms with E-state index in [0.717, 1.165) is 16.0 Å². The van der Waals surface area contributed by atoms with Gasteiger partial charge in [-0.05, 0) is 61.9 Å². The zero-order chi connectivity index (χ0) is 22.8. The van der Waals surface area contributed by atoms with Crippen LogP contribution in [0, 0.1) is 13.8 Å². The minimum Gasteiger partial charge on any atom is -0.497 e. The van der Waals surface area contributed by atoms with Gasteiger partial charge in [-0.25, -0.2) is 4.90 Å². The summed E-state index contributed by atoms with van der Waals surface area (Å²) in [6.07, 6.45) is 0. The second-order valence-corrected chi connectivity index (χ2v) is 8.87. The number of carbonyl (C=O) groups is 2. The molecule has 0 spiro atoms. The topological polar surface area (TPSA) is 58.6 Å². The van der Waals surface area contributed by atoms with E-state index in [-0.39, 0.29) is 11.6 Å². The standard InChI is InChI=1S/C25H21ClN2O3S/c1-15-7-10-20(11-8-15)32-23-22(27-18-5-4-6-19(14-18)31-3)24(29)28(25(23)30)21-12-9-17(26)13-16(21)2/h4-14,27H,1-3H3. The molecule has 3 aromatic rings. The number of rotatable bonds is 6. The fraction of sp³-hybridized carbons (Fsp3) is 0.120. The number of aryl methyl sites for hydroxylation is 2. The van der Waals surface area contributed by atoms with E-state index in [2.05, 4.69) is 5.32 Å². The number of ether oxygens (including phenoxy) is 1. The van der Waals surface area contributed by atoms with Gasteiger partial charge in [0, 0.05) is 21.7 Å². The van der Waals surface area contributed by atoms with Gasteiger partial charge in [0.05, 0.1) is 12.8 Å². The molecule has 7 heteroatoms. The molecule has 0 saturated carbocycles. The average molecular weight is 465 g/mol. The monoisotopic (exact) mass is 464 g/mol. The lowest BCUT2D eigenvalue weighted by atomic mass is 10.2. The van der Waals surface area contributed by atoms with Crippen molar-refractivity contribution in [2.75, 3.05) is 17.3 Å². The van der Waals surface area contributed by atoms with Crippen LogP contribution in [0.1, 0.15) is 11.1 Å². The number of hydrogen-bond donors (Lipinski definition) is 1. The van der Waals surface area contributed by atoms with Crippen molar-refractivity contribution < 1.29 is 14.3 Å². The zero-order valence-electron chi connectivity index (χ0n) is 17.8. The first-order chi connectivity index (χ1) is 15.4. The number of hydrogen-bond acceptors (Lipinski definition) is 5. The Morgan fingerprint density at radius 2 is 1.69 bits per heavy atom. The lowest BCUT2D eigenvalue weighted by Crippen LogP contribution is -2.32. The molecule has 1 heterocycles. The van der Waals surface area contributed by atoms with Gasteiger partial charge in [-0.3, -0.25) is 9.59 Å². The molecular formula is C25H21ClN2O3S. The van der Waals surface area contributed by atoms with E-state index < -0.39 is 5.91 Å². The van der Waals surface area contributed by atoms with Crippen LogP contribution in [0.3, 0.4) is 0 Å². The molecule has 0 saturated heterocycles. The van der Waals surface area contributed by atoms with Gasteiger partial charge in [0.1, 0.15) is 16.4 Å². The summed E-state index contributed by atoms with van der Waals surface area (Å²) in [5.41, 5.74) is 3.24. The third kappa shape index (κ3) is 4.38. The summed E-state index contributed by atoms with van der Waals surface area (Å²) in [4.78, 5) is 29.3. The van der Waals surface area contributed by atoms with E-state index in [1.807, 2.05) is 56.3 Å². The number of halogens is 1. The number of nitrogens with zero attached hydrogens (tertiary/aromatic N) is 1. The SMILES string of the molecule is COc1cccc(NC2=C(Sc3ccc(C)cc3)C(=O)N(c3ccc(Cl)cc3C)C2=O)c1. The van der Waals surface area contributed by atoms with Crippen LogP contribution < -0.4 is 15.0 Å². The minimum atomic E-state index is -0.419. The van der Waals surface area contributed by atoms with Crippen molar-refractivity contribution in [3.63, 3.8) is 0 Å². The molecule has 0 fully saturated rings. The fourth-order valence-electron chi connectivity index (χ4n) is 3.37. The minimum absolute atomic E-state index is 0.225. The molecule has 162 valence electrons. The molecule has 0 bridgehead atoms. The first-order valence-electron chi connectivity index (χ1n) is 9.92. The highest BCUT2D eigenvalue weighted by Crippen LogP contribution is 2.39. The van der Waals surface area contributed by atoms with Crippen LogP contribution in [0.5, 0.6) is 5.75 Å². The smallest absolute Gasteiger partial charge is 0.283 e. The summed E-state index contributed by atoms with van der Waals surface area (Å²) in [5.74, 6) is -0.153. The molecule has 1 aliphatic heterocycles. The molecular weight excluding hydrogens is 444 g/mol. The average Bonchev–Trinajstić information content (AvgIpc) is 3.00. The van der Waals surface area contributed by atoms with Gasteiger partial charge in [0.2, 0.25) is 0 Å². The Labute approximate surface area is 196 Å². The summed E-state index contributed by atoms with van der Waals surface area (Å²) in [5, 5.41) is 3.69. The van der Waals surface area contributed by atoms with Gasteiger partial charge >= 0.3 is 0 Å². The molecule has 0 aromatic heterocycles. The van der Waals surface area contributed by atoms with Crippen LogP contribution in [0.15, 0.2) is 82.2 Å². The second-order valence-electron chi connectivity index (χ2n) is 7.35. The van der Waals surface area contributed by atoms with Crippen molar-refractivity contribution in [3.05, 3.63) is 93.5 Å². The molecule has 4 rings (SSSR count). The van der Waals surface area contributed by atoms with Crippen LogP contribution in [0.2, 0.25) is 5.02 Å². The highest BCUT2D eigenvalue weighted by molar-refractivity contribution is 8.04. The van der Waals surface area contributed by atoms with Gasteiger partial charge in [-0.15, -0.1) is 0 Å². The number of carbonyl (C=O) groups excluding carboxylic acids is 2. The van der Waals surface area contributed by atoms with E-state index in [0.29, 0.717) is 27.1 Å². The number of imide groups is 1. The largest absolute Gasteiger partial charge is 0.497 e. The first-order valence-corrected chi connectivity index (χ1v) is 11.1. The highest BCUT2D eigenvalue weighted by atomic mass is 35.5. The third-order valence-electron chi connectivity index (χ3n) is 5.02. The van der Waals surface area contributed by atoms with E-state index in [1.165, 1.54) is 16.7 Å². The van der Waals surface area contributed by atoms with Crippen LogP contribution in [0.4, 0.5) is 11.4 Å². The summed E-state index contributed by atoms with van der Waals surface area (Å²) >= 11 is 7.35. The Morgan fingerprint density at radius 1 is 0.938 bits per heavy atom. The first kappa shape index (κ1) is 22.0. The Morgan fingerprint density at radius 3 is 2.38 bits per heavy atom. The Bertz CT molecular complexity index is 1240. The van der Waals surface area contributed by atoms with Gasteiger partial charge in [0.15, 0.2) is 0 Å². The Hall–Kier alpha value is -3.22. The second kappa shape index (κ2) is 9.10. The molecule has 3 aromatic carbocycles. The predicted molar refractivity (Wildman–Crippen MR) is 129 cm³/mol. The normalized spacial score (nSPS) is 13.7. The number of amides is 2. The number of thioether (sulfide) groups is 1. The van der Waals surface area contributed by atoms with E-state index in [1.54, 1.807) is 31.4 Å². The van der Waals surface area contributed by atoms with Crippen molar-refractivity contribution in [1.82, 2.24) is 0 Å². The predicted octanol–water partition coefficient (Wildman–Crippen LogP) is 5.95. The van der Waals surface area contributed by atoms with Crippen molar-refractivity contribution >= 4 is 46.6 Å². The quantitative estimate of drug-likeness (QED) is 0.456. The molecule has 0 aliphatic carbocycles. The fourth-order valence-corrected chi connectivity index (χ4v) is 4.53. The number of methoxy groups -OCH3 is 1. The molecule has 0 radical (unpaired) electrons. The molecule has 0 unspecified atom stereocenters.